The van der Waals surface area contributed by atoms with Gasteiger partial charge in [-0.2, -0.15) is 0 Å². The Bertz CT molecular complexity index is 1770. The van der Waals surface area contributed by atoms with Crippen LogP contribution in [0.15, 0.2) is 79.1 Å². The fraction of sp³-hybridized carbons (Fsp3) is 0.111. The van der Waals surface area contributed by atoms with Gasteiger partial charge in [-0.15, -0.1) is 0 Å². The number of ether oxygens (including phenoxy) is 3. The average Bonchev–Trinajstić information content (AvgIpc) is 2.86. The van der Waals surface area contributed by atoms with E-state index in [0.29, 0.717) is 50.1 Å². The molecule has 1 aliphatic rings. The number of fused-ring (bicyclic) bond motifs is 3. The predicted octanol–water partition coefficient (Wildman–Crippen LogP) is 6.32. The van der Waals surface area contributed by atoms with Gasteiger partial charge in [-0.3, -0.25) is 0 Å². The van der Waals surface area contributed by atoms with Gasteiger partial charge in [0.25, 0.3) is 0 Å². The van der Waals surface area contributed by atoms with Gasteiger partial charge in [0.1, 0.15) is 29.3 Å². The van der Waals surface area contributed by atoms with Crippen LogP contribution in [0.5, 0.6) is 11.5 Å². The molecule has 7 nitrogen and oxygen atoms in total. The Morgan fingerprint density at radius 1 is 0.833 bits per heavy atom. The van der Waals surface area contributed by atoms with Crippen molar-refractivity contribution in [3.8, 4) is 22.6 Å². The van der Waals surface area contributed by atoms with Crippen LogP contribution in [0.1, 0.15) is 11.1 Å². The molecule has 0 bridgehead atoms. The third-order valence-electron chi connectivity index (χ3n) is 5.85. The molecule has 0 fully saturated rings. The van der Waals surface area contributed by atoms with Crippen LogP contribution in [-0.2, 0) is 18.0 Å². The van der Waals surface area contributed by atoms with E-state index >= 15 is 0 Å². The first-order valence-electron chi connectivity index (χ1n) is 10.9. The Morgan fingerprint density at radius 3 is 2.61 bits per heavy atom. The highest BCUT2D eigenvalue weighted by Crippen LogP contribution is 2.34. The van der Waals surface area contributed by atoms with Crippen LogP contribution >= 0.6 is 23.2 Å². The first-order chi connectivity index (χ1) is 17.4. The van der Waals surface area contributed by atoms with Gasteiger partial charge in [0.2, 0.25) is 0 Å². The SMILES string of the molecule is O=c1cc(-c2cc3cc(Cl)ccc3oc2=O)c2ccc(OCc3cc(Cl)cc4c3OCOC4)cc2o1. The summed E-state index contributed by atoms with van der Waals surface area (Å²) in [5.41, 5.74) is 1.69. The van der Waals surface area contributed by atoms with Crippen LogP contribution in [0.2, 0.25) is 10.0 Å². The van der Waals surface area contributed by atoms with Crippen LogP contribution in [0.3, 0.4) is 0 Å². The summed E-state index contributed by atoms with van der Waals surface area (Å²) in [6.07, 6.45) is 0. The van der Waals surface area contributed by atoms with Gasteiger partial charge in [0.15, 0.2) is 6.79 Å². The van der Waals surface area contributed by atoms with Crippen molar-refractivity contribution in [3.63, 3.8) is 0 Å². The zero-order valence-corrected chi connectivity index (χ0v) is 20.0. The molecule has 180 valence electrons. The second kappa shape index (κ2) is 9.02. The smallest absolute Gasteiger partial charge is 0.344 e. The Kier molecular flexibility index (Phi) is 5.68. The molecule has 6 rings (SSSR count). The molecule has 0 saturated heterocycles. The molecule has 5 aromatic rings. The van der Waals surface area contributed by atoms with Gasteiger partial charge in [0, 0.05) is 49.6 Å². The third kappa shape index (κ3) is 4.22. The minimum Gasteiger partial charge on any atom is -0.489 e. The molecule has 0 spiro atoms. The van der Waals surface area contributed by atoms with E-state index in [2.05, 4.69) is 0 Å². The van der Waals surface area contributed by atoms with E-state index in [4.69, 9.17) is 46.2 Å². The maximum absolute atomic E-state index is 12.8. The zero-order chi connectivity index (χ0) is 24.8. The van der Waals surface area contributed by atoms with Crippen LogP contribution < -0.4 is 20.7 Å². The van der Waals surface area contributed by atoms with Crippen LogP contribution in [-0.4, -0.2) is 6.79 Å². The average molecular weight is 523 g/mol. The summed E-state index contributed by atoms with van der Waals surface area (Å²) in [6, 6.07) is 16.5. The molecule has 0 unspecified atom stereocenters. The van der Waals surface area contributed by atoms with Crippen molar-refractivity contribution < 1.29 is 23.0 Å². The predicted molar refractivity (Wildman–Crippen MR) is 135 cm³/mol. The number of benzene rings is 3. The van der Waals surface area contributed by atoms with Gasteiger partial charge in [-0.05, 0) is 48.5 Å². The normalized spacial score (nSPS) is 12.9. The topological polar surface area (TPSA) is 88.1 Å². The highest BCUT2D eigenvalue weighted by molar-refractivity contribution is 6.31. The molecular formula is C27H16Cl2O7. The summed E-state index contributed by atoms with van der Waals surface area (Å²) in [5, 5.41) is 2.23. The summed E-state index contributed by atoms with van der Waals surface area (Å²) in [4.78, 5) is 25.1. The standard InChI is InChI=1S/C27H16Cl2O7/c28-17-1-4-23-14(5-17)8-22(27(31)36-23)21-10-25(30)35-24-9-19(2-3-20(21)24)33-12-16-7-18(29)6-15-11-32-13-34-26(15)16/h1-10H,11-13H2. The number of halogens is 2. The maximum Gasteiger partial charge on any atom is 0.344 e. The highest BCUT2D eigenvalue weighted by atomic mass is 35.5. The zero-order valence-electron chi connectivity index (χ0n) is 18.5. The summed E-state index contributed by atoms with van der Waals surface area (Å²) >= 11 is 12.3. The summed E-state index contributed by atoms with van der Waals surface area (Å²) in [6.45, 7) is 0.732. The monoisotopic (exact) mass is 522 g/mol. The van der Waals surface area contributed by atoms with Crippen molar-refractivity contribution in [3.05, 3.63) is 103 Å². The minimum absolute atomic E-state index is 0.153. The van der Waals surface area contributed by atoms with Gasteiger partial charge in [0.05, 0.1) is 12.2 Å². The van der Waals surface area contributed by atoms with Gasteiger partial charge in [-0.1, -0.05) is 23.2 Å². The molecule has 0 N–H and O–H groups in total. The lowest BCUT2D eigenvalue weighted by atomic mass is 10.0. The molecule has 3 aromatic carbocycles. The molecule has 1 aliphatic heterocycles. The van der Waals surface area contributed by atoms with Crippen LogP contribution in [0.4, 0.5) is 0 Å². The first-order valence-corrected chi connectivity index (χ1v) is 11.7. The number of rotatable bonds is 4. The van der Waals surface area contributed by atoms with Crippen molar-refractivity contribution in [2.45, 2.75) is 13.2 Å². The van der Waals surface area contributed by atoms with E-state index in [-0.39, 0.29) is 24.5 Å². The number of hydrogen-bond acceptors (Lipinski definition) is 7. The van der Waals surface area contributed by atoms with Crippen molar-refractivity contribution in [1.82, 2.24) is 0 Å². The first kappa shape index (κ1) is 22.7. The molecule has 0 radical (unpaired) electrons. The second-order valence-corrected chi connectivity index (χ2v) is 9.09. The summed E-state index contributed by atoms with van der Waals surface area (Å²) in [5.74, 6) is 1.14. The highest BCUT2D eigenvalue weighted by Gasteiger charge is 2.18. The van der Waals surface area contributed by atoms with Gasteiger partial charge < -0.3 is 23.0 Å². The van der Waals surface area contributed by atoms with Gasteiger partial charge >= 0.3 is 11.3 Å². The molecule has 9 heteroatoms. The molecule has 0 saturated carbocycles. The molecule has 3 heterocycles. The fourth-order valence-electron chi connectivity index (χ4n) is 4.26. The Morgan fingerprint density at radius 2 is 1.72 bits per heavy atom. The lowest BCUT2D eigenvalue weighted by Gasteiger charge is -2.21. The largest absolute Gasteiger partial charge is 0.489 e. The summed E-state index contributed by atoms with van der Waals surface area (Å²) < 4.78 is 27.8. The van der Waals surface area contributed by atoms with Gasteiger partial charge in [-0.25, -0.2) is 9.59 Å². The Hall–Kier alpha value is -3.78. The van der Waals surface area contributed by atoms with Crippen molar-refractivity contribution in [2.75, 3.05) is 6.79 Å². The van der Waals surface area contributed by atoms with E-state index in [1.54, 1.807) is 54.6 Å². The quantitative estimate of drug-likeness (QED) is 0.255. The lowest BCUT2D eigenvalue weighted by molar-refractivity contribution is -0.0175. The van der Waals surface area contributed by atoms with E-state index in [1.165, 1.54) is 6.07 Å². The third-order valence-corrected chi connectivity index (χ3v) is 6.30. The van der Waals surface area contributed by atoms with E-state index < -0.39 is 11.3 Å². The minimum atomic E-state index is -0.613. The van der Waals surface area contributed by atoms with E-state index in [0.717, 1.165) is 11.1 Å². The van der Waals surface area contributed by atoms with E-state index in [9.17, 15) is 9.59 Å². The van der Waals surface area contributed by atoms with Crippen LogP contribution in [0, 0.1) is 0 Å². The Labute approximate surface area is 213 Å². The maximum atomic E-state index is 12.8. The fourth-order valence-corrected chi connectivity index (χ4v) is 4.71. The number of hydrogen-bond donors (Lipinski definition) is 0. The van der Waals surface area contributed by atoms with Crippen LogP contribution in [0.25, 0.3) is 33.1 Å². The molecule has 2 aromatic heterocycles. The molecule has 0 atom stereocenters. The Balaban J connectivity index is 1.38. The van der Waals surface area contributed by atoms with Crippen molar-refractivity contribution in [2.24, 2.45) is 0 Å². The summed E-state index contributed by atoms with van der Waals surface area (Å²) in [7, 11) is 0. The molecule has 0 aliphatic carbocycles. The lowest BCUT2D eigenvalue weighted by Crippen LogP contribution is -2.14. The molecular weight excluding hydrogens is 507 g/mol. The second-order valence-electron chi connectivity index (χ2n) is 8.22. The van der Waals surface area contributed by atoms with E-state index in [1.807, 2.05) is 0 Å². The molecule has 36 heavy (non-hydrogen) atoms. The molecule has 0 amide bonds. The van der Waals surface area contributed by atoms with Crippen molar-refractivity contribution in [1.29, 1.82) is 0 Å². The van der Waals surface area contributed by atoms with Crippen molar-refractivity contribution >= 4 is 45.1 Å².